The molecule has 2 heterocycles. The second-order valence-corrected chi connectivity index (χ2v) is 21.0. The molecule has 0 saturated heterocycles. The summed E-state index contributed by atoms with van der Waals surface area (Å²) < 4.78 is 46.9. The van der Waals surface area contributed by atoms with Crippen molar-refractivity contribution in [2.75, 3.05) is 0 Å². The van der Waals surface area contributed by atoms with Gasteiger partial charge in [0.25, 0.3) is 0 Å². The zero-order valence-corrected chi connectivity index (χ0v) is 37.7. The third-order valence-corrected chi connectivity index (χ3v) is 12.5. The first-order chi connectivity index (χ1) is 28.8. The van der Waals surface area contributed by atoms with Crippen LogP contribution in [0.2, 0.25) is 0 Å². The maximum absolute atomic E-state index is 14.2. The van der Waals surface area contributed by atoms with Gasteiger partial charge in [-0.2, -0.15) is 23.7 Å². The van der Waals surface area contributed by atoms with Crippen LogP contribution in [-0.2, 0) is 27.8 Å². The quantitative estimate of drug-likeness (QED) is 0.178. The van der Waals surface area contributed by atoms with Crippen LogP contribution in [0.5, 0.6) is 0 Å². The van der Waals surface area contributed by atoms with Crippen molar-refractivity contribution in [1.29, 1.82) is 10.5 Å². The number of hydrogen-bond donors (Lipinski definition) is 0. The van der Waals surface area contributed by atoms with Crippen molar-refractivity contribution in [3.8, 4) is 34.6 Å². The van der Waals surface area contributed by atoms with E-state index >= 15 is 0 Å². The van der Waals surface area contributed by atoms with Gasteiger partial charge in [-0.25, -0.2) is 0 Å². The molecule has 314 valence electrons. The molecular formula is C55H53F3N4. The smallest absolute Gasteiger partial charge is 0.309 e. The Bertz CT molecular complexity index is 3080. The molecule has 8 aromatic rings. The van der Waals surface area contributed by atoms with E-state index in [0.29, 0.717) is 28.1 Å². The standard InChI is InChI=1S/C55H53F3N4/c1-51(2,3)34-14-19-45-40(25-34)41-26-35(52(4,5)6)15-20-46(41)61(45)49-29-44(39-18-13-38(55(56,57)58)23-32(39)30-59)50(24-33(49)31-60)62-47-21-16-36(53(7,8)9)27-42(47)43-28-37(54(10,11)12)17-22-48(43)62/h13-29H,1-12H3. The molecule has 62 heavy (non-hydrogen) atoms. The number of aromatic nitrogens is 2. The van der Waals surface area contributed by atoms with Crippen molar-refractivity contribution < 1.29 is 13.2 Å². The van der Waals surface area contributed by atoms with Crippen LogP contribution < -0.4 is 0 Å². The molecule has 0 saturated carbocycles. The highest BCUT2D eigenvalue weighted by molar-refractivity contribution is 6.12. The second kappa shape index (κ2) is 14.1. The van der Waals surface area contributed by atoms with Crippen LogP contribution in [-0.4, -0.2) is 9.13 Å². The Morgan fingerprint density at radius 2 is 0.710 bits per heavy atom. The molecule has 0 radical (unpaired) electrons. The van der Waals surface area contributed by atoms with Gasteiger partial charge in [0.1, 0.15) is 6.07 Å². The van der Waals surface area contributed by atoms with Crippen molar-refractivity contribution in [2.45, 2.75) is 111 Å². The monoisotopic (exact) mass is 826 g/mol. The van der Waals surface area contributed by atoms with E-state index in [9.17, 15) is 23.7 Å². The van der Waals surface area contributed by atoms with Gasteiger partial charge in [-0.3, -0.25) is 0 Å². The van der Waals surface area contributed by atoms with Crippen LogP contribution in [0.4, 0.5) is 13.2 Å². The Kier molecular flexibility index (Phi) is 9.65. The van der Waals surface area contributed by atoms with E-state index in [0.717, 1.165) is 66.9 Å². The number of fused-ring (bicyclic) bond motifs is 6. The van der Waals surface area contributed by atoms with E-state index in [1.807, 2.05) is 12.1 Å². The molecule has 0 bridgehead atoms. The Morgan fingerprint density at radius 1 is 0.371 bits per heavy atom. The van der Waals surface area contributed by atoms with Gasteiger partial charge in [0, 0.05) is 32.7 Å². The number of benzene rings is 6. The molecule has 8 rings (SSSR count). The van der Waals surface area contributed by atoms with E-state index in [4.69, 9.17) is 0 Å². The Balaban J connectivity index is 1.55. The molecule has 0 fully saturated rings. The summed E-state index contributed by atoms with van der Waals surface area (Å²) in [6, 6.07) is 37.6. The molecular weight excluding hydrogens is 774 g/mol. The molecule has 6 aromatic carbocycles. The Hall–Kier alpha value is -6.31. The van der Waals surface area contributed by atoms with Gasteiger partial charge in [-0.1, -0.05) is 113 Å². The van der Waals surface area contributed by atoms with Gasteiger partial charge < -0.3 is 9.13 Å². The van der Waals surface area contributed by atoms with Gasteiger partial charge in [0.15, 0.2) is 0 Å². The third-order valence-electron chi connectivity index (χ3n) is 12.5. The van der Waals surface area contributed by atoms with Crippen molar-refractivity contribution in [3.63, 3.8) is 0 Å². The normalized spacial score (nSPS) is 13.0. The maximum Gasteiger partial charge on any atom is 0.416 e. The zero-order valence-electron chi connectivity index (χ0n) is 37.7. The van der Waals surface area contributed by atoms with Crippen LogP contribution in [0, 0.1) is 22.7 Å². The average molecular weight is 827 g/mol. The molecule has 0 unspecified atom stereocenters. The summed E-state index contributed by atoms with van der Waals surface area (Å²) in [5.41, 5.74) is 9.01. The topological polar surface area (TPSA) is 57.4 Å². The van der Waals surface area contributed by atoms with Crippen LogP contribution in [0.15, 0.2) is 103 Å². The summed E-state index contributed by atoms with van der Waals surface area (Å²) >= 11 is 0. The zero-order chi connectivity index (χ0) is 45.1. The first-order valence-electron chi connectivity index (χ1n) is 21.2. The highest BCUT2D eigenvalue weighted by Gasteiger charge is 2.32. The minimum Gasteiger partial charge on any atom is -0.309 e. The fraction of sp³-hybridized carbons (Fsp3) is 0.309. The number of nitrogens with zero attached hydrogens (tertiary/aromatic N) is 4. The number of hydrogen-bond acceptors (Lipinski definition) is 2. The number of alkyl halides is 3. The highest BCUT2D eigenvalue weighted by Crippen LogP contribution is 2.45. The Labute approximate surface area is 362 Å². The lowest BCUT2D eigenvalue weighted by Crippen LogP contribution is -2.10. The van der Waals surface area contributed by atoms with Crippen molar-refractivity contribution in [3.05, 3.63) is 142 Å². The SMILES string of the molecule is CC(C)(C)c1ccc2c(c1)c1cc(C(C)(C)C)ccc1n2-c1cc(-c2ccc(C(F)(F)F)cc2C#N)c(-n2c3ccc(C(C)(C)C)cc3c3cc(C(C)(C)C)ccc32)cc1C#N. The third kappa shape index (κ3) is 7.12. The lowest BCUT2D eigenvalue weighted by molar-refractivity contribution is -0.137. The number of nitriles is 2. The molecule has 0 N–H and O–H groups in total. The van der Waals surface area contributed by atoms with E-state index in [2.05, 4.69) is 177 Å². The first-order valence-corrected chi connectivity index (χ1v) is 21.2. The molecule has 7 heteroatoms. The van der Waals surface area contributed by atoms with E-state index in [1.165, 1.54) is 17.2 Å². The average Bonchev–Trinajstić information content (AvgIpc) is 3.69. The number of halogens is 3. The summed E-state index contributed by atoms with van der Waals surface area (Å²) in [6.45, 7) is 26.2. The van der Waals surface area contributed by atoms with Gasteiger partial charge in [-0.15, -0.1) is 0 Å². The van der Waals surface area contributed by atoms with Crippen molar-refractivity contribution in [2.24, 2.45) is 0 Å². The summed E-state index contributed by atoms with van der Waals surface area (Å²) in [5, 5.41) is 25.9. The minimum atomic E-state index is -4.65. The number of rotatable bonds is 3. The van der Waals surface area contributed by atoms with Crippen LogP contribution in [0.3, 0.4) is 0 Å². The van der Waals surface area contributed by atoms with Crippen LogP contribution in [0.25, 0.3) is 66.1 Å². The Morgan fingerprint density at radius 3 is 1.03 bits per heavy atom. The maximum atomic E-state index is 14.2. The van der Waals surface area contributed by atoms with Crippen molar-refractivity contribution in [1.82, 2.24) is 9.13 Å². The van der Waals surface area contributed by atoms with E-state index in [-0.39, 0.29) is 27.2 Å². The van der Waals surface area contributed by atoms with Gasteiger partial charge in [0.05, 0.1) is 56.2 Å². The molecule has 0 aliphatic heterocycles. The molecule has 4 nitrogen and oxygen atoms in total. The van der Waals surface area contributed by atoms with E-state index < -0.39 is 11.7 Å². The highest BCUT2D eigenvalue weighted by atomic mass is 19.4. The van der Waals surface area contributed by atoms with Crippen LogP contribution in [0.1, 0.15) is 122 Å². The predicted molar refractivity (Wildman–Crippen MR) is 250 cm³/mol. The largest absolute Gasteiger partial charge is 0.416 e. The van der Waals surface area contributed by atoms with Gasteiger partial charge in [-0.05, 0) is 117 Å². The molecule has 0 amide bonds. The summed E-state index contributed by atoms with van der Waals surface area (Å²) in [7, 11) is 0. The fourth-order valence-electron chi connectivity index (χ4n) is 8.73. The van der Waals surface area contributed by atoms with Crippen LogP contribution >= 0.6 is 0 Å². The molecule has 2 aromatic heterocycles. The summed E-state index contributed by atoms with van der Waals surface area (Å²) in [4.78, 5) is 0. The second-order valence-electron chi connectivity index (χ2n) is 21.0. The molecule has 0 aliphatic rings. The predicted octanol–water partition coefficient (Wildman–Crippen LogP) is 15.5. The molecule has 0 spiro atoms. The first kappa shape index (κ1) is 42.4. The summed E-state index contributed by atoms with van der Waals surface area (Å²) in [6.07, 6.45) is -4.65. The molecule has 0 atom stereocenters. The fourth-order valence-corrected chi connectivity index (χ4v) is 8.73. The summed E-state index contributed by atoms with van der Waals surface area (Å²) in [5.74, 6) is 0. The van der Waals surface area contributed by atoms with Gasteiger partial charge in [0.2, 0.25) is 0 Å². The minimum absolute atomic E-state index is 0.116. The van der Waals surface area contributed by atoms with Crippen molar-refractivity contribution >= 4 is 43.6 Å². The van der Waals surface area contributed by atoms with Gasteiger partial charge >= 0.3 is 6.18 Å². The molecule has 0 aliphatic carbocycles. The lowest BCUT2D eigenvalue weighted by Gasteiger charge is -2.21. The lowest BCUT2D eigenvalue weighted by atomic mass is 9.85. The van der Waals surface area contributed by atoms with E-state index in [1.54, 1.807) is 0 Å².